The van der Waals surface area contributed by atoms with Crippen molar-refractivity contribution in [3.8, 4) is 0 Å². The minimum absolute atomic E-state index is 0.00853. The van der Waals surface area contributed by atoms with Gasteiger partial charge < -0.3 is 5.32 Å². The van der Waals surface area contributed by atoms with Gasteiger partial charge in [-0.3, -0.25) is 14.6 Å². The summed E-state index contributed by atoms with van der Waals surface area (Å²) >= 11 is 1.62. The van der Waals surface area contributed by atoms with Gasteiger partial charge in [-0.2, -0.15) is 10.2 Å². The lowest BCUT2D eigenvalue weighted by Crippen LogP contribution is -2.12. The van der Waals surface area contributed by atoms with Crippen molar-refractivity contribution in [2.75, 3.05) is 11.1 Å². The number of thioether (sulfide) groups is 1. The lowest BCUT2D eigenvalue weighted by Gasteiger charge is -2.13. The summed E-state index contributed by atoms with van der Waals surface area (Å²) in [4.78, 5) is 11.8. The van der Waals surface area contributed by atoms with Crippen molar-refractivity contribution in [1.82, 2.24) is 20.0 Å². The van der Waals surface area contributed by atoms with E-state index in [2.05, 4.69) is 33.7 Å². The third kappa shape index (κ3) is 2.11. The van der Waals surface area contributed by atoms with Crippen LogP contribution in [0.2, 0.25) is 0 Å². The molecular formula is C13H17N5OS. The Morgan fingerprint density at radius 1 is 1.50 bits per heavy atom. The second-order valence-corrected chi connectivity index (χ2v) is 5.97. The van der Waals surface area contributed by atoms with Crippen LogP contribution in [-0.2, 0) is 11.3 Å². The van der Waals surface area contributed by atoms with Gasteiger partial charge in [-0.15, -0.1) is 11.8 Å². The van der Waals surface area contributed by atoms with Gasteiger partial charge in [0.1, 0.15) is 0 Å². The first-order valence-electron chi connectivity index (χ1n) is 6.60. The Balaban J connectivity index is 2.10. The van der Waals surface area contributed by atoms with Crippen molar-refractivity contribution in [1.29, 1.82) is 0 Å². The van der Waals surface area contributed by atoms with E-state index >= 15 is 0 Å². The molecule has 1 unspecified atom stereocenters. The molecule has 3 heterocycles. The van der Waals surface area contributed by atoms with Crippen LogP contribution in [0.4, 0.5) is 5.82 Å². The molecule has 0 fully saturated rings. The first-order chi connectivity index (χ1) is 9.60. The number of aryl methyl sites for hydroxylation is 3. The van der Waals surface area contributed by atoms with E-state index in [1.165, 1.54) is 0 Å². The van der Waals surface area contributed by atoms with Crippen LogP contribution in [-0.4, -0.2) is 31.6 Å². The molecule has 1 aliphatic heterocycles. The number of carbonyl (C=O) groups excluding carboxylic acids is 1. The molecular weight excluding hydrogens is 274 g/mol. The molecule has 1 atom stereocenters. The number of H-pyrrole nitrogens is 1. The zero-order valence-electron chi connectivity index (χ0n) is 11.7. The van der Waals surface area contributed by atoms with Gasteiger partial charge in [0.05, 0.1) is 16.7 Å². The van der Waals surface area contributed by atoms with E-state index in [1.54, 1.807) is 11.8 Å². The molecule has 0 radical (unpaired) electrons. The van der Waals surface area contributed by atoms with E-state index in [9.17, 15) is 4.79 Å². The Morgan fingerprint density at radius 2 is 2.30 bits per heavy atom. The maximum absolute atomic E-state index is 11.8. The highest BCUT2D eigenvalue weighted by Crippen LogP contribution is 2.42. The summed E-state index contributed by atoms with van der Waals surface area (Å²) in [6.07, 6.45) is 2.07. The van der Waals surface area contributed by atoms with E-state index in [0.29, 0.717) is 11.6 Å². The van der Waals surface area contributed by atoms with E-state index < -0.39 is 0 Å². The number of rotatable bonds is 2. The number of amides is 1. The standard InChI is InChI=1S/C13H17N5OS/c1-4-18-5-9(7(2)17-18)12-11-8(3)15-16-13(11)14-10(19)6-20-12/h5,12H,4,6H2,1-3H3,(H2,14,15,16,19). The van der Waals surface area contributed by atoms with Crippen LogP contribution in [0.15, 0.2) is 6.20 Å². The van der Waals surface area contributed by atoms with Crippen molar-refractivity contribution >= 4 is 23.5 Å². The number of carbonyl (C=O) groups is 1. The fourth-order valence-electron chi connectivity index (χ4n) is 2.46. The first kappa shape index (κ1) is 13.2. The molecule has 2 aromatic rings. The zero-order chi connectivity index (χ0) is 14.3. The van der Waals surface area contributed by atoms with Gasteiger partial charge in [0.2, 0.25) is 5.91 Å². The van der Waals surface area contributed by atoms with Crippen LogP contribution >= 0.6 is 11.8 Å². The third-order valence-electron chi connectivity index (χ3n) is 3.49. The summed E-state index contributed by atoms with van der Waals surface area (Å²) in [6.45, 7) is 6.90. The van der Waals surface area contributed by atoms with Gasteiger partial charge in [-0.1, -0.05) is 0 Å². The molecule has 0 aliphatic carbocycles. The minimum atomic E-state index is -0.00853. The normalized spacial score (nSPS) is 18.6. The van der Waals surface area contributed by atoms with Crippen LogP contribution in [0, 0.1) is 13.8 Å². The minimum Gasteiger partial charge on any atom is -0.308 e. The summed E-state index contributed by atoms with van der Waals surface area (Å²) in [5.41, 5.74) is 4.20. The Morgan fingerprint density at radius 3 is 3.00 bits per heavy atom. The fourth-order valence-corrected chi connectivity index (χ4v) is 3.72. The molecule has 2 aromatic heterocycles. The number of aromatic nitrogens is 4. The third-order valence-corrected chi connectivity index (χ3v) is 4.74. The monoisotopic (exact) mass is 291 g/mol. The molecule has 0 saturated heterocycles. The van der Waals surface area contributed by atoms with Crippen LogP contribution in [0.3, 0.4) is 0 Å². The van der Waals surface area contributed by atoms with Gasteiger partial charge in [-0.05, 0) is 20.8 Å². The second kappa shape index (κ2) is 4.97. The summed E-state index contributed by atoms with van der Waals surface area (Å²) < 4.78 is 1.93. The van der Waals surface area contributed by atoms with Gasteiger partial charge in [0.15, 0.2) is 5.82 Å². The van der Waals surface area contributed by atoms with Crippen LogP contribution in [0.5, 0.6) is 0 Å². The highest BCUT2D eigenvalue weighted by Gasteiger charge is 2.30. The van der Waals surface area contributed by atoms with Crippen LogP contribution in [0.1, 0.15) is 34.7 Å². The van der Waals surface area contributed by atoms with E-state index in [-0.39, 0.29) is 11.2 Å². The SMILES string of the molecule is CCn1cc(C2SCC(=O)Nc3n[nH]c(C)c32)c(C)n1. The molecule has 1 amide bonds. The summed E-state index contributed by atoms with van der Waals surface area (Å²) in [7, 11) is 0. The van der Waals surface area contributed by atoms with Gasteiger partial charge in [0, 0.05) is 29.6 Å². The van der Waals surface area contributed by atoms with Crippen molar-refractivity contribution in [3.63, 3.8) is 0 Å². The molecule has 3 rings (SSSR count). The van der Waals surface area contributed by atoms with Crippen molar-refractivity contribution in [2.24, 2.45) is 0 Å². The van der Waals surface area contributed by atoms with E-state index in [0.717, 1.165) is 29.1 Å². The molecule has 106 valence electrons. The second-order valence-electron chi connectivity index (χ2n) is 4.88. The number of fused-ring (bicyclic) bond motifs is 1. The Labute approximate surface area is 121 Å². The van der Waals surface area contributed by atoms with E-state index in [1.807, 2.05) is 18.5 Å². The molecule has 7 heteroatoms. The van der Waals surface area contributed by atoms with Crippen LogP contribution in [0.25, 0.3) is 0 Å². The molecule has 0 spiro atoms. The first-order valence-corrected chi connectivity index (χ1v) is 7.65. The van der Waals surface area contributed by atoms with Crippen LogP contribution < -0.4 is 5.32 Å². The zero-order valence-corrected chi connectivity index (χ0v) is 12.5. The van der Waals surface area contributed by atoms with Crippen molar-refractivity contribution in [3.05, 3.63) is 28.7 Å². The number of hydrogen-bond donors (Lipinski definition) is 2. The smallest absolute Gasteiger partial charge is 0.235 e. The van der Waals surface area contributed by atoms with Crippen molar-refractivity contribution < 1.29 is 4.79 Å². The molecule has 20 heavy (non-hydrogen) atoms. The largest absolute Gasteiger partial charge is 0.308 e. The molecule has 0 bridgehead atoms. The highest BCUT2D eigenvalue weighted by atomic mass is 32.2. The lowest BCUT2D eigenvalue weighted by molar-refractivity contribution is -0.113. The Hall–Kier alpha value is -1.76. The van der Waals surface area contributed by atoms with Crippen molar-refractivity contribution in [2.45, 2.75) is 32.6 Å². The predicted octanol–water partition coefficient (Wildman–Crippen LogP) is 2.02. The summed E-state index contributed by atoms with van der Waals surface area (Å²) in [5.74, 6) is 1.06. The average molecular weight is 291 g/mol. The number of aromatic amines is 1. The molecule has 0 saturated carbocycles. The maximum Gasteiger partial charge on any atom is 0.235 e. The average Bonchev–Trinajstić information content (AvgIpc) is 2.91. The predicted molar refractivity (Wildman–Crippen MR) is 78.9 cm³/mol. The maximum atomic E-state index is 11.8. The Bertz CT molecular complexity index is 660. The summed E-state index contributed by atoms with van der Waals surface area (Å²) in [5, 5.41) is 14.6. The molecule has 6 nitrogen and oxygen atoms in total. The quantitative estimate of drug-likeness (QED) is 0.887. The number of nitrogens with one attached hydrogen (secondary N) is 2. The van der Waals surface area contributed by atoms with Gasteiger partial charge >= 0.3 is 0 Å². The molecule has 0 aromatic carbocycles. The topological polar surface area (TPSA) is 75.6 Å². The number of anilines is 1. The number of hydrogen-bond acceptors (Lipinski definition) is 4. The molecule has 2 N–H and O–H groups in total. The summed E-state index contributed by atoms with van der Waals surface area (Å²) in [6, 6.07) is 0. The highest BCUT2D eigenvalue weighted by molar-refractivity contribution is 8.00. The van der Waals surface area contributed by atoms with E-state index in [4.69, 9.17) is 0 Å². The number of nitrogens with zero attached hydrogens (tertiary/aromatic N) is 3. The Kier molecular flexibility index (Phi) is 3.29. The lowest BCUT2D eigenvalue weighted by atomic mass is 10.1. The molecule has 1 aliphatic rings. The fraction of sp³-hybridized carbons (Fsp3) is 0.462. The van der Waals surface area contributed by atoms with Gasteiger partial charge in [0.25, 0.3) is 0 Å². The van der Waals surface area contributed by atoms with Gasteiger partial charge in [-0.25, -0.2) is 0 Å².